The van der Waals surface area contributed by atoms with Crippen molar-refractivity contribution in [2.45, 2.75) is 5.41 Å². The molecule has 1 spiro atoms. The predicted octanol–water partition coefficient (Wildman–Crippen LogP) is 17.5. The molecule has 2 heteroatoms. The van der Waals surface area contributed by atoms with Gasteiger partial charge in [0.2, 0.25) is 0 Å². The van der Waals surface area contributed by atoms with E-state index in [4.69, 9.17) is 0 Å². The van der Waals surface area contributed by atoms with Crippen LogP contribution in [0.4, 0.5) is 17.1 Å². The lowest BCUT2D eigenvalue weighted by Gasteiger charge is -2.32. The van der Waals surface area contributed by atoms with Gasteiger partial charge in [0.25, 0.3) is 0 Å². The van der Waals surface area contributed by atoms with E-state index < -0.39 is 5.41 Å². The molecule has 0 aliphatic heterocycles. The minimum atomic E-state index is -0.458. The zero-order valence-electron chi connectivity index (χ0n) is 35.4. The van der Waals surface area contributed by atoms with E-state index in [9.17, 15) is 0 Å². The van der Waals surface area contributed by atoms with E-state index in [-0.39, 0.29) is 0 Å². The van der Waals surface area contributed by atoms with E-state index in [1.54, 1.807) is 0 Å². The summed E-state index contributed by atoms with van der Waals surface area (Å²) in [6.45, 7) is 0. The number of hydrogen-bond donors (Lipinski definition) is 0. The number of rotatable bonds is 5. The summed E-state index contributed by atoms with van der Waals surface area (Å²) in [5.74, 6) is 0. The lowest BCUT2D eigenvalue weighted by Crippen LogP contribution is -2.26. The summed E-state index contributed by atoms with van der Waals surface area (Å²) in [5.41, 5.74) is 18.5. The Bertz CT molecular complexity index is 3840. The molecule has 0 saturated carbocycles. The Labute approximate surface area is 381 Å². The summed E-state index contributed by atoms with van der Waals surface area (Å²) in [5, 5.41) is 7.59. The second-order valence-corrected chi connectivity index (χ2v) is 18.5. The molecule has 0 saturated heterocycles. The fraction of sp³-hybridized carbons (Fsp3) is 0.0159. The molecule has 14 rings (SSSR count). The zero-order valence-corrected chi connectivity index (χ0v) is 36.2. The van der Waals surface area contributed by atoms with Gasteiger partial charge in [-0.3, -0.25) is 0 Å². The fourth-order valence-corrected chi connectivity index (χ4v) is 13.0. The maximum Gasteiger partial charge on any atom is 0.0726 e. The molecule has 0 fully saturated rings. The van der Waals surface area contributed by atoms with E-state index in [1.165, 1.54) is 120 Å². The molecule has 1 heterocycles. The SMILES string of the molecule is c1ccc(-c2cccc3c2sc2c(N(c4ccc(-c5cccc6ccccc56)cc4)c4cccc5c4-c4ccccc4C54c5ccccc5-c5ccccc54)cc4ccccc4c23)cc1. The minimum Gasteiger partial charge on any atom is -0.308 e. The largest absolute Gasteiger partial charge is 0.308 e. The molecule has 11 aromatic carbocycles. The van der Waals surface area contributed by atoms with Crippen LogP contribution in [-0.2, 0) is 5.41 Å². The van der Waals surface area contributed by atoms with Gasteiger partial charge in [-0.15, -0.1) is 11.3 Å². The first kappa shape index (κ1) is 36.4. The molecule has 12 aromatic rings. The molecule has 0 amide bonds. The van der Waals surface area contributed by atoms with Crippen LogP contribution in [0.3, 0.4) is 0 Å². The molecule has 0 bridgehead atoms. The second-order valence-electron chi connectivity index (χ2n) is 17.5. The quantitative estimate of drug-likeness (QED) is 0.167. The molecular weight excluding hydrogens is 803 g/mol. The molecule has 0 unspecified atom stereocenters. The van der Waals surface area contributed by atoms with Crippen molar-refractivity contribution < 1.29 is 0 Å². The first-order chi connectivity index (χ1) is 32.3. The summed E-state index contributed by atoms with van der Waals surface area (Å²) in [6, 6.07) is 88.3. The summed E-state index contributed by atoms with van der Waals surface area (Å²) in [6.07, 6.45) is 0. The molecule has 0 atom stereocenters. The third-order valence-corrected chi connectivity index (χ3v) is 15.5. The van der Waals surface area contributed by atoms with Gasteiger partial charge >= 0.3 is 0 Å². The van der Waals surface area contributed by atoms with Gasteiger partial charge in [0.05, 0.1) is 21.5 Å². The van der Waals surface area contributed by atoms with Crippen molar-refractivity contribution in [1.82, 2.24) is 0 Å². The first-order valence-electron chi connectivity index (χ1n) is 22.5. The number of benzene rings is 11. The summed E-state index contributed by atoms with van der Waals surface area (Å²) in [7, 11) is 0. The van der Waals surface area contributed by atoms with Gasteiger partial charge < -0.3 is 4.90 Å². The number of hydrogen-bond acceptors (Lipinski definition) is 2. The van der Waals surface area contributed by atoms with Crippen molar-refractivity contribution in [2.75, 3.05) is 4.90 Å². The van der Waals surface area contributed by atoms with Gasteiger partial charge in [0.15, 0.2) is 0 Å². The standard InChI is InChI=1S/C63H39NS/c1-2-17-41(18-3-1)48-28-15-29-52-59-47-23-7-5-20-43(47)39-58(62(59)65-61(48)52)64(44-37-35-42(36-38-44)46-27-14-21-40-19-4-6-22-45(40)46)57-34-16-33-56-60(57)51-26-10-13-32-55(51)63(56)53-30-11-8-24-49(53)50-25-9-12-31-54(50)63/h1-39H. The number of thiophene rings is 1. The third kappa shape index (κ3) is 5.09. The van der Waals surface area contributed by atoms with Gasteiger partial charge in [-0.05, 0) is 107 Å². The molecule has 1 aromatic heterocycles. The molecule has 302 valence electrons. The highest BCUT2D eigenvalue weighted by Gasteiger charge is 2.52. The summed E-state index contributed by atoms with van der Waals surface area (Å²) in [4.78, 5) is 2.58. The second kappa shape index (κ2) is 14.0. The zero-order chi connectivity index (χ0) is 42.6. The van der Waals surface area contributed by atoms with Gasteiger partial charge in [-0.25, -0.2) is 0 Å². The smallest absolute Gasteiger partial charge is 0.0726 e. The molecule has 0 radical (unpaired) electrons. The Morgan fingerprint density at radius 2 is 0.846 bits per heavy atom. The number of fused-ring (bicyclic) bond motifs is 16. The minimum absolute atomic E-state index is 0.458. The van der Waals surface area contributed by atoms with E-state index in [0.29, 0.717) is 0 Å². The lowest BCUT2D eigenvalue weighted by atomic mass is 9.70. The Morgan fingerprint density at radius 1 is 0.323 bits per heavy atom. The van der Waals surface area contributed by atoms with Crippen LogP contribution < -0.4 is 4.90 Å². The van der Waals surface area contributed by atoms with Gasteiger partial charge in [0.1, 0.15) is 0 Å². The number of anilines is 3. The molecular formula is C63H39NS. The van der Waals surface area contributed by atoms with Crippen LogP contribution in [0.1, 0.15) is 22.3 Å². The highest BCUT2D eigenvalue weighted by atomic mass is 32.1. The van der Waals surface area contributed by atoms with Crippen LogP contribution in [0.2, 0.25) is 0 Å². The van der Waals surface area contributed by atoms with E-state index in [1.807, 2.05) is 11.3 Å². The maximum absolute atomic E-state index is 2.58. The number of nitrogens with zero attached hydrogens (tertiary/aromatic N) is 1. The first-order valence-corrected chi connectivity index (χ1v) is 23.3. The Hall–Kier alpha value is -8.04. The molecule has 2 aliphatic rings. The monoisotopic (exact) mass is 841 g/mol. The molecule has 1 nitrogen and oxygen atoms in total. The van der Waals surface area contributed by atoms with Crippen molar-refractivity contribution in [3.63, 3.8) is 0 Å². The average molecular weight is 842 g/mol. The third-order valence-electron chi connectivity index (χ3n) is 14.3. The van der Waals surface area contributed by atoms with Crippen LogP contribution in [-0.4, -0.2) is 0 Å². The van der Waals surface area contributed by atoms with Crippen LogP contribution in [0.5, 0.6) is 0 Å². The average Bonchev–Trinajstić information content (AvgIpc) is 4.02. The van der Waals surface area contributed by atoms with Crippen LogP contribution in [0.15, 0.2) is 237 Å². The van der Waals surface area contributed by atoms with Crippen molar-refractivity contribution in [3.05, 3.63) is 259 Å². The van der Waals surface area contributed by atoms with Crippen molar-refractivity contribution in [1.29, 1.82) is 0 Å². The molecule has 0 N–H and O–H groups in total. The van der Waals surface area contributed by atoms with Gasteiger partial charge in [0, 0.05) is 26.7 Å². The van der Waals surface area contributed by atoms with Crippen molar-refractivity contribution in [2.24, 2.45) is 0 Å². The van der Waals surface area contributed by atoms with Crippen molar-refractivity contribution in [3.8, 4) is 44.5 Å². The van der Waals surface area contributed by atoms with Gasteiger partial charge in [-0.1, -0.05) is 212 Å². The summed E-state index contributed by atoms with van der Waals surface area (Å²) < 4.78 is 2.58. The predicted molar refractivity (Wildman–Crippen MR) is 276 cm³/mol. The lowest BCUT2D eigenvalue weighted by molar-refractivity contribution is 0.794. The Morgan fingerprint density at radius 3 is 1.62 bits per heavy atom. The Kier molecular flexibility index (Phi) is 7.84. The highest BCUT2D eigenvalue weighted by Crippen LogP contribution is 2.65. The Balaban J connectivity index is 1.09. The topological polar surface area (TPSA) is 3.24 Å². The van der Waals surface area contributed by atoms with E-state index in [2.05, 4.69) is 241 Å². The van der Waals surface area contributed by atoms with Crippen LogP contribution in [0, 0.1) is 0 Å². The fourth-order valence-electron chi connectivity index (χ4n) is 11.6. The normalized spacial score (nSPS) is 13.0. The molecule has 65 heavy (non-hydrogen) atoms. The van der Waals surface area contributed by atoms with Gasteiger partial charge in [-0.2, -0.15) is 0 Å². The van der Waals surface area contributed by atoms with E-state index in [0.717, 1.165) is 5.69 Å². The van der Waals surface area contributed by atoms with Crippen molar-refractivity contribution >= 4 is 70.1 Å². The highest BCUT2D eigenvalue weighted by molar-refractivity contribution is 7.27. The van der Waals surface area contributed by atoms with Crippen LogP contribution in [0.25, 0.3) is 86.2 Å². The van der Waals surface area contributed by atoms with Crippen LogP contribution >= 0.6 is 11.3 Å². The summed E-state index contributed by atoms with van der Waals surface area (Å²) >= 11 is 1.92. The molecule has 2 aliphatic carbocycles. The van der Waals surface area contributed by atoms with E-state index >= 15 is 0 Å². The maximum atomic E-state index is 2.58.